The molecule has 1 fully saturated rings. The molecule has 1 aromatic rings. The van der Waals surface area contributed by atoms with Gasteiger partial charge in [0.15, 0.2) is 0 Å². The molecule has 142 valence electrons. The third kappa shape index (κ3) is 4.09. The minimum atomic E-state index is -0.518. The quantitative estimate of drug-likeness (QED) is 0.875. The maximum Gasteiger partial charge on any atom is 0.414 e. The Kier molecular flexibility index (Phi) is 5.09. The summed E-state index contributed by atoms with van der Waals surface area (Å²) in [7, 11) is 0. The number of nitrogens with zero attached hydrogens (tertiary/aromatic N) is 2. The van der Waals surface area contributed by atoms with E-state index in [2.05, 4.69) is 0 Å². The lowest BCUT2D eigenvalue weighted by atomic mass is 10.0. The van der Waals surface area contributed by atoms with Crippen LogP contribution in [0.1, 0.15) is 38.3 Å². The normalized spacial score (nSPS) is 20.5. The first-order valence-corrected chi connectivity index (χ1v) is 8.95. The van der Waals surface area contributed by atoms with Crippen LogP contribution in [0.15, 0.2) is 18.2 Å². The third-order valence-corrected chi connectivity index (χ3v) is 4.47. The molecule has 0 aliphatic carbocycles. The lowest BCUT2D eigenvalue weighted by Gasteiger charge is -2.26. The zero-order chi connectivity index (χ0) is 18.9. The number of carbonyl (C=O) groups is 2. The molecule has 26 heavy (non-hydrogen) atoms. The molecule has 0 unspecified atom stereocenters. The number of aliphatic hydroxyl groups is 1. The molecular formula is C19H26N2O5. The Morgan fingerprint density at radius 3 is 2.77 bits per heavy atom. The maximum absolute atomic E-state index is 12.4. The number of benzene rings is 1. The number of carbonyl (C=O) groups excluding carboxylic acids is 2. The largest absolute Gasteiger partial charge is 0.444 e. The summed E-state index contributed by atoms with van der Waals surface area (Å²) in [5.74, 6) is 0. The van der Waals surface area contributed by atoms with Crippen LogP contribution in [0, 0.1) is 0 Å². The first-order chi connectivity index (χ1) is 12.3. The zero-order valence-corrected chi connectivity index (χ0v) is 15.5. The highest BCUT2D eigenvalue weighted by Gasteiger charge is 2.32. The summed E-state index contributed by atoms with van der Waals surface area (Å²) in [6.45, 7) is 6.87. The van der Waals surface area contributed by atoms with Gasteiger partial charge in [-0.15, -0.1) is 0 Å². The molecule has 0 aromatic heterocycles. The third-order valence-electron chi connectivity index (χ3n) is 4.47. The first kappa shape index (κ1) is 18.5. The molecule has 0 saturated carbocycles. The smallest absolute Gasteiger partial charge is 0.414 e. The Morgan fingerprint density at radius 1 is 1.35 bits per heavy atom. The summed E-state index contributed by atoms with van der Waals surface area (Å²) < 4.78 is 10.6. The van der Waals surface area contributed by atoms with E-state index < -0.39 is 17.8 Å². The van der Waals surface area contributed by atoms with Crippen molar-refractivity contribution < 1.29 is 24.2 Å². The number of rotatable bonds is 2. The number of hydrogen-bond acceptors (Lipinski definition) is 5. The van der Waals surface area contributed by atoms with E-state index in [0.717, 1.165) is 29.7 Å². The van der Waals surface area contributed by atoms with Gasteiger partial charge >= 0.3 is 12.2 Å². The van der Waals surface area contributed by atoms with E-state index in [4.69, 9.17) is 9.47 Å². The van der Waals surface area contributed by atoms with Crippen molar-refractivity contribution in [2.24, 2.45) is 0 Å². The van der Waals surface area contributed by atoms with Gasteiger partial charge in [-0.2, -0.15) is 0 Å². The molecule has 1 atom stereocenters. The fourth-order valence-electron chi connectivity index (χ4n) is 3.22. The van der Waals surface area contributed by atoms with Crippen LogP contribution in [0.3, 0.4) is 0 Å². The van der Waals surface area contributed by atoms with Crippen molar-refractivity contribution in [1.82, 2.24) is 4.90 Å². The van der Waals surface area contributed by atoms with Crippen LogP contribution in [-0.2, 0) is 22.4 Å². The van der Waals surface area contributed by atoms with E-state index in [9.17, 15) is 14.7 Å². The summed E-state index contributed by atoms with van der Waals surface area (Å²) in [5.41, 5.74) is 2.42. The molecular weight excluding hydrogens is 336 g/mol. The topological polar surface area (TPSA) is 79.3 Å². The average Bonchev–Trinajstić information content (AvgIpc) is 2.81. The summed E-state index contributed by atoms with van der Waals surface area (Å²) >= 11 is 0. The molecule has 1 aromatic carbocycles. The monoisotopic (exact) mass is 362 g/mol. The molecule has 1 saturated heterocycles. The van der Waals surface area contributed by atoms with E-state index in [0.29, 0.717) is 19.6 Å². The standard InChI is InChI=1S/C19H26N2O5/c1-19(2,3)26-17(23)20-8-4-5-13-9-15(7-6-14(13)10-20)21-11-16(12-22)25-18(21)24/h6-7,9,16,22H,4-5,8,10-12H2,1-3H3/t16-/m1/s1. The second-order valence-electron chi connectivity index (χ2n) is 7.76. The summed E-state index contributed by atoms with van der Waals surface area (Å²) in [5, 5.41) is 9.19. The molecule has 2 aliphatic rings. The molecule has 7 nitrogen and oxygen atoms in total. The Balaban J connectivity index is 1.76. The van der Waals surface area contributed by atoms with Crippen molar-refractivity contribution in [3.8, 4) is 0 Å². The van der Waals surface area contributed by atoms with Gasteiger partial charge < -0.3 is 19.5 Å². The number of ether oxygens (including phenoxy) is 2. The highest BCUT2D eigenvalue weighted by atomic mass is 16.6. The van der Waals surface area contributed by atoms with Gasteiger partial charge in [0.2, 0.25) is 0 Å². The Morgan fingerprint density at radius 2 is 2.12 bits per heavy atom. The second kappa shape index (κ2) is 7.15. The molecule has 0 spiro atoms. The summed E-state index contributed by atoms with van der Waals surface area (Å²) in [4.78, 5) is 27.6. The van der Waals surface area contributed by atoms with Gasteiger partial charge in [0.25, 0.3) is 0 Å². The number of amides is 2. The Bertz CT molecular complexity index is 698. The van der Waals surface area contributed by atoms with Crippen LogP contribution in [0.4, 0.5) is 15.3 Å². The number of hydrogen-bond donors (Lipinski definition) is 1. The van der Waals surface area contributed by atoms with Crippen LogP contribution in [0.5, 0.6) is 0 Å². The second-order valence-corrected chi connectivity index (χ2v) is 7.76. The lowest BCUT2D eigenvalue weighted by Crippen LogP contribution is -2.36. The molecule has 2 amide bonds. The van der Waals surface area contributed by atoms with Gasteiger partial charge in [-0.25, -0.2) is 9.59 Å². The number of cyclic esters (lactones) is 1. The Hall–Kier alpha value is -2.28. The minimum Gasteiger partial charge on any atom is -0.444 e. The SMILES string of the molecule is CC(C)(C)OC(=O)N1CCCc2cc(N3C[C@H](CO)OC3=O)ccc2C1. The van der Waals surface area contributed by atoms with Crippen LogP contribution in [-0.4, -0.2) is 53.6 Å². The number of aryl methyl sites for hydroxylation is 1. The highest BCUT2D eigenvalue weighted by molar-refractivity contribution is 5.90. The van der Waals surface area contributed by atoms with E-state index in [1.165, 1.54) is 4.90 Å². The van der Waals surface area contributed by atoms with Crippen molar-refractivity contribution >= 4 is 17.9 Å². The van der Waals surface area contributed by atoms with Crippen molar-refractivity contribution in [3.05, 3.63) is 29.3 Å². The van der Waals surface area contributed by atoms with Crippen molar-refractivity contribution in [1.29, 1.82) is 0 Å². The Labute approximate surface area is 153 Å². The number of fused-ring (bicyclic) bond motifs is 1. The number of aliphatic hydroxyl groups excluding tert-OH is 1. The fraction of sp³-hybridized carbons (Fsp3) is 0.579. The predicted molar refractivity (Wildman–Crippen MR) is 96.1 cm³/mol. The van der Waals surface area contributed by atoms with Crippen LogP contribution in [0.2, 0.25) is 0 Å². The van der Waals surface area contributed by atoms with Gasteiger partial charge in [-0.1, -0.05) is 6.07 Å². The molecule has 0 bridgehead atoms. The molecule has 3 rings (SSSR count). The average molecular weight is 362 g/mol. The highest BCUT2D eigenvalue weighted by Crippen LogP contribution is 2.28. The zero-order valence-electron chi connectivity index (χ0n) is 15.5. The van der Waals surface area contributed by atoms with Gasteiger partial charge in [-0.05, 0) is 56.9 Å². The van der Waals surface area contributed by atoms with Crippen molar-refractivity contribution in [3.63, 3.8) is 0 Å². The minimum absolute atomic E-state index is 0.183. The van der Waals surface area contributed by atoms with E-state index in [-0.39, 0.29) is 12.7 Å². The maximum atomic E-state index is 12.4. The van der Waals surface area contributed by atoms with Crippen LogP contribution >= 0.6 is 0 Å². The van der Waals surface area contributed by atoms with Crippen LogP contribution < -0.4 is 4.90 Å². The molecule has 0 radical (unpaired) electrons. The summed E-state index contributed by atoms with van der Waals surface area (Å²) in [6.07, 6.45) is 0.439. The molecule has 2 heterocycles. The van der Waals surface area contributed by atoms with Gasteiger partial charge in [-0.3, -0.25) is 4.90 Å². The lowest BCUT2D eigenvalue weighted by molar-refractivity contribution is 0.0237. The van der Waals surface area contributed by atoms with E-state index in [1.807, 2.05) is 39.0 Å². The van der Waals surface area contributed by atoms with Gasteiger partial charge in [0.05, 0.1) is 13.2 Å². The van der Waals surface area contributed by atoms with E-state index in [1.54, 1.807) is 4.90 Å². The number of anilines is 1. The molecule has 7 heteroatoms. The van der Waals surface area contributed by atoms with Crippen LogP contribution in [0.25, 0.3) is 0 Å². The first-order valence-electron chi connectivity index (χ1n) is 8.95. The molecule has 1 N–H and O–H groups in total. The van der Waals surface area contributed by atoms with Gasteiger partial charge in [0.1, 0.15) is 11.7 Å². The predicted octanol–water partition coefficient (Wildman–Crippen LogP) is 2.69. The van der Waals surface area contributed by atoms with Gasteiger partial charge in [0, 0.05) is 18.8 Å². The van der Waals surface area contributed by atoms with Crippen molar-refractivity contribution in [2.45, 2.75) is 51.9 Å². The fourth-order valence-corrected chi connectivity index (χ4v) is 3.22. The molecule has 2 aliphatic heterocycles. The van der Waals surface area contributed by atoms with E-state index >= 15 is 0 Å². The summed E-state index contributed by atoms with van der Waals surface area (Å²) in [6, 6.07) is 5.79. The van der Waals surface area contributed by atoms with Crippen molar-refractivity contribution in [2.75, 3.05) is 24.6 Å².